The van der Waals surface area contributed by atoms with Gasteiger partial charge < -0.3 is 4.74 Å². The summed E-state index contributed by atoms with van der Waals surface area (Å²) < 4.78 is 5.61. The maximum absolute atomic E-state index is 5.61. The quantitative estimate of drug-likeness (QED) is 0.680. The smallest absolute Gasteiger partial charge is 0.0579 e. The highest BCUT2D eigenvalue weighted by Crippen LogP contribution is 2.25. The van der Waals surface area contributed by atoms with E-state index in [1.165, 1.54) is 19.3 Å². The van der Waals surface area contributed by atoms with E-state index in [1.54, 1.807) is 0 Å². The van der Waals surface area contributed by atoms with Crippen LogP contribution in [0.3, 0.4) is 0 Å². The van der Waals surface area contributed by atoms with Crippen LogP contribution >= 0.6 is 15.9 Å². The van der Waals surface area contributed by atoms with Gasteiger partial charge in [0.25, 0.3) is 0 Å². The Morgan fingerprint density at radius 3 is 2.67 bits per heavy atom. The van der Waals surface area contributed by atoms with Gasteiger partial charge in [0.1, 0.15) is 0 Å². The third-order valence-electron chi connectivity index (χ3n) is 2.73. The second-order valence-corrected chi connectivity index (χ2v) is 4.68. The highest BCUT2D eigenvalue weighted by Gasteiger charge is 2.21. The van der Waals surface area contributed by atoms with E-state index < -0.39 is 0 Å². The molecule has 72 valence electrons. The van der Waals surface area contributed by atoms with Crippen LogP contribution in [0.5, 0.6) is 0 Å². The lowest BCUT2D eigenvalue weighted by molar-refractivity contribution is 0.0862. The molecular formula is C10H19BrO. The number of alkyl halides is 1. The topological polar surface area (TPSA) is 9.23 Å². The van der Waals surface area contributed by atoms with E-state index in [1.807, 2.05) is 0 Å². The van der Waals surface area contributed by atoms with E-state index >= 15 is 0 Å². The average molecular weight is 235 g/mol. The molecule has 12 heavy (non-hydrogen) atoms. The first-order chi connectivity index (χ1) is 5.74. The number of halogens is 1. The molecule has 1 nitrogen and oxygen atoms in total. The Morgan fingerprint density at radius 2 is 2.25 bits per heavy atom. The third-order valence-corrected chi connectivity index (χ3v) is 3.56. The van der Waals surface area contributed by atoms with Crippen molar-refractivity contribution in [3.8, 4) is 0 Å². The summed E-state index contributed by atoms with van der Waals surface area (Å²) in [5.74, 6) is 1.56. The van der Waals surface area contributed by atoms with Gasteiger partial charge in [0.05, 0.1) is 6.10 Å². The minimum absolute atomic E-state index is 0.551. The number of hydrogen-bond acceptors (Lipinski definition) is 1. The van der Waals surface area contributed by atoms with Crippen LogP contribution < -0.4 is 0 Å². The van der Waals surface area contributed by atoms with Gasteiger partial charge in [-0.05, 0) is 31.1 Å². The molecule has 2 heteroatoms. The molecule has 1 fully saturated rings. The van der Waals surface area contributed by atoms with Crippen molar-refractivity contribution >= 4 is 15.9 Å². The molecule has 1 saturated heterocycles. The zero-order valence-corrected chi connectivity index (χ0v) is 9.64. The normalized spacial score (nSPS) is 26.5. The molecular weight excluding hydrogens is 216 g/mol. The van der Waals surface area contributed by atoms with Gasteiger partial charge in [-0.1, -0.05) is 29.8 Å². The molecule has 0 amide bonds. The first-order valence-electron chi connectivity index (χ1n) is 4.91. The fourth-order valence-corrected chi connectivity index (χ4v) is 2.69. The predicted molar refractivity (Wildman–Crippen MR) is 55.7 cm³/mol. The molecule has 2 atom stereocenters. The molecule has 0 aromatic heterocycles. The van der Waals surface area contributed by atoms with Crippen LogP contribution in [-0.2, 0) is 4.74 Å². The molecule has 1 aliphatic heterocycles. The van der Waals surface area contributed by atoms with Crippen molar-refractivity contribution in [2.75, 3.05) is 11.9 Å². The molecule has 1 aliphatic rings. The molecule has 0 aromatic carbocycles. The van der Waals surface area contributed by atoms with Gasteiger partial charge in [0.2, 0.25) is 0 Å². The van der Waals surface area contributed by atoms with Crippen molar-refractivity contribution in [2.45, 2.75) is 39.2 Å². The van der Waals surface area contributed by atoms with Crippen molar-refractivity contribution in [1.82, 2.24) is 0 Å². The molecule has 0 saturated carbocycles. The van der Waals surface area contributed by atoms with Crippen molar-refractivity contribution in [2.24, 2.45) is 11.8 Å². The summed E-state index contributed by atoms with van der Waals surface area (Å²) in [6, 6.07) is 0. The van der Waals surface area contributed by atoms with Gasteiger partial charge in [-0.2, -0.15) is 0 Å². The Balaban J connectivity index is 2.26. The van der Waals surface area contributed by atoms with Crippen LogP contribution in [0.2, 0.25) is 0 Å². The molecule has 0 N–H and O–H groups in total. The summed E-state index contributed by atoms with van der Waals surface area (Å²) in [6.07, 6.45) is 4.33. The predicted octanol–water partition coefficient (Wildman–Crippen LogP) is 3.22. The van der Waals surface area contributed by atoms with E-state index in [2.05, 4.69) is 29.8 Å². The fourth-order valence-electron chi connectivity index (χ4n) is 1.68. The molecule has 1 heterocycles. The fraction of sp³-hybridized carbons (Fsp3) is 1.00. The standard InChI is InChI=1S/C10H19BrO/c1-8(2)9(7-11)6-10-4-3-5-12-10/h8-10H,3-7H2,1-2H3/t9?,10-/m1/s1. The molecule has 0 spiro atoms. The van der Waals surface area contributed by atoms with Gasteiger partial charge in [0, 0.05) is 11.9 Å². The van der Waals surface area contributed by atoms with Crippen LogP contribution in [-0.4, -0.2) is 18.0 Å². The Bertz CT molecular complexity index is 119. The molecule has 0 radical (unpaired) electrons. The summed E-state index contributed by atoms with van der Waals surface area (Å²) in [6.45, 7) is 5.57. The highest BCUT2D eigenvalue weighted by atomic mass is 79.9. The van der Waals surface area contributed by atoms with Crippen LogP contribution in [0.15, 0.2) is 0 Å². The molecule has 0 bridgehead atoms. The molecule has 0 aliphatic carbocycles. The number of ether oxygens (including phenoxy) is 1. The monoisotopic (exact) mass is 234 g/mol. The lowest BCUT2D eigenvalue weighted by Crippen LogP contribution is -2.18. The van der Waals surface area contributed by atoms with Crippen LogP contribution in [0.4, 0.5) is 0 Å². The Morgan fingerprint density at radius 1 is 1.50 bits per heavy atom. The van der Waals surface area contributed by atoms with Gasteiger partial charge >= 0.3 is 0 Å². The molecule has 1 rings (SSSR count). The first kappa shape index (κ1) is 10.5. The largest absolute Gasteiger partial charge is 0.378 e. The summed E-state index contributed by atoms with van der Waals surface area (Å²) >= 11 is 3.57. The van der Waals surface area contributed by atoms with Crippen LogP contribution in [0.25, 0.3) is 0 Å². The van der Waals surface area contributed by atoms with E-state index in [9.17, 15) is 0 Å². The minimum Gasteiger partial charge on any atom is -0.378 e. The second-order valence-electron chi connectivity index (χ2n) is 4.03. The summed E-state index contributed by atoms with van der Waals surface area (Å²) in [4.78, 5) is 0. The SMILES string of the molecule is CC(C)C(CBr)C[C@H]1CCCO1. The zero-order chi connectivity index (χ0) is 8.97. The maximum atomic E-state index is 5.61. The number of rotatable bonds is 4. The van der Waals surface area contributed by atoms with E-state index in [4.69, 9.17) is 4.74 Å². The van der Waals surface area contributed by atoms with Gasteiger partial charge in [-0.3, -0.25) is 0 Å². The summed E-state index contributed by atoms with van der Waals surface area (Å²) in [5.41, 5.74) is 0. The third kappa shape index (κ3) is 3.06. The zero-order valence-electron chi connectivity index (χ0n) is 8.05. The van der Waals surface area contributed by atoms with Crippen LogP contribution in [0.1, 0.15) is 33.1 Å². The van der Waals surface area contributed by atoms with Crippen molar-refractivity contribution in [3.05, 3.63) is 0 Å². The molecule has 0 aromatic rings. The van der Waals surface area contributed by atoms with Crippen molar-refractivity contribution in [1.29, 1.82) is 0 Å². The molecule has 1 unspecified atom stereocenters. The first-order valence-corrected chi connectivity index (χ1v) is 6.03. The number of hydrogen-bond donors (Lipinski definition) is 0. The maximum Gasteiger partial charge on any atom is 0.0579 e. The van der Waals surface area contributed by atoms with Crippen LogP contribution in [0, 0.1) is 11.8 Å². The Kier molecular flexibility index (Phi) is 4.59. The van der Waals surface area contributed by atoms with E-state index in [0.29, 0.717) is 6.10 Å². The van der Waals surface area contributed by atoms with Gasteiger partial charge in [-0.15, -0.1) is 0 Å². The lowest BCUT2D eigenvalue weighted by atomic mass is 9.91. The lowest BCUT2D eigenvalue weighted by Gasteiger charge is -2.21. The Labute approximate surface area is 84.0 Å². The van der Waals surface area contributed by atoms with E-state index in [-0.39, 0.29) is 0 Å². The summed E-state index contributed by atoms with van der Waals surface area (Å²) in [5, 5.41) is 1.12. The average Bonchev–Trinajstić information content (AvgIpc) is 2.51. The van der Waals surface area contributed by atoms with Crippen molar-refractivity contribution < 1.29 is 4.74 Å². The highest BCUT2D eigenvalue weighted by molar-refractivity contribution is 9.09. The summed E-state index contributed by atoms with van der Waals surface area (Å²) in [7, 11) is 0. The second kappa shape index (κ2) is 5.23. The van der Waals surface area contributed by atoms with Crippen molar-refractivity contribution in [3.63, 3.8) is 0 Å². The van der Waals surface area contributed by atoms with Gasteiger partial charge in [0.15, 0.2) is 0 Å². The minimum atomic E-state index is 0.551. The van der Waals surface area contributed by atoms with E-state index in [0.717, 1.165) is 23.8 Å². The van der Waals surface area contributed by atoms with Gasteiger partial charge in [-0.25, -0.2) is 0 Å². The Hall–Kier alpha value is 0.440.